The van der Waals surface area contributed by atoms with Crippen molar-refractivity contribution in [2.45, 2.75) is 32.6 Å². The van der Waals surface area contributed by atoms with E-state index in [0.29, 0.717) is 11.8 Å². The van der Waals surface area contributed by atoms with Gasteiger partial charge in [-0.1, -0.05) is 26.0 Å². The van der Waals surface area contributed by atoms with Gasteiger partial charge in [-0.2, -0.15) is 0 Å². The van der Waals surface area contributed by atoms with Crippen molar-refractivity contribution in [1.82, 2.24) is 0 Å². The molecule has 0 saturated carbocycles. The van der Waals surface area contributed by atoms with Gasteiger partial charge < -0.3 is 4.74 Å². The van der Waals surface area contributed by atoms with Crippen molar-refractivity contribution < 1.29 is 4.74 Å². The predicted molar refractivity (Wildman–Crippen MR) is 89.0 cm³/mol. The number of halogens is 2. The minimum atomic E-state index is 0.501. The van der Waals surface area contributed by atoms with Gasteiger partial charge in [-0.25, -0.2) is 0 Å². The lowest BCUT2D eigenvalue weighted by atomic mass is 9.98. The van der Waals surface area contributed by atoms with E-state index in [1.54, 1.807) is 0 Å². The Morgan fingerprint density at radius 2 is 1.90 bits per heavy atom. The molecule has 0 spiro atoms. The van der Waals surface area contributed by atoms with Crippen LogP contribution < -0.4 is 4.74 Å². The van der Waals surface area contributed by atoms with Crippen LogP contribution in [-0.4, -0.2) is 0 Å². The number of aryl methyl sites for hydroxylation is 1. The molecule has 0 aromatic heterocycles. The van der Waals surface area contributed by atoms with Crippen LogP contribution in [0.2, 0.25) is 0 Å². The number of benzene rings is 2. The topological polar surface area (TPSA) is 9.23 Å². The summed E-state index contributed by atoms with van der Waals surface area (Å²) in [6, 6.07) is 12.1. The molecule has 2 rings (SSSR count). The molecule has 0 radical (unpaired) electrons. The van der Waals surface area contributed by atoms with Crippen LogP contribution >= 0.6 is 27.5 Å². The number of rotatable bonds is 4. The molecule has 1 nitrogen and oxygen atoms in total. The van der Waals surface area contributed by atoms with Gasteiger partial charge in [-0.15, -0.1) is 11.6 Å². The molecule has 0 bridgehead atoms. The SMILES string of the molecule is Cc1cc(Oc2ccc(CCl)cc2Br)ccc1C(C)C. The van der Waals surface area contributed by atoms with E-state index in [1.807, 2.05) is 24.3 Å². The molecule has 0 aliphatic carbocycles. The zero-order chi connectivity index (χ0) is 14.7. The molecule has 3 heteroatoms. The molecule has 0 saturated heterocycles. The Labute approximate surface area is 134 Å². The minimum absolute atomic E-state index is 0.501. The predicted octanol–water partition coefficient (Wildman–Crippen LogP) is 6.41. The van der Waals surface area contributed by atoms with E-state index in [-0.39, 0.29) is 0 Å². The summed E-state index contributed by atoms with van der Waals surface area (Å²) in [5.74, 6) is 2.68. The Hall–Kier alpha value is -0.990. The van der Waals surface area contributed by atoms with Gasteiger partial charge in [0.05, 0.1) is 4.47 Å². The number of alkyl halides is 1. The van der Waals surface area contributed by atoms with Crippen LogP contribution in [0, 0.1) is 6.92 Å². The molecule has 0 heterocycles. The van der Waals surface area contributed by atoms with Gasteiger partial charge in [0, 0.05) is 5.88 Å². The summed E-state index contributed by atoms with van der Waals surface area (Å²) in [6.07, 6.45) is 0. The second-order valence-corrected chi connectivity index (χ2v) is 6.30. The lowest BCUT2D eigenvalue weighted by Crippen LogP contribution is -1.93. The van der Waals surface area contributed by atoms with Gasteiger partial charge in [0.25, 0.3) is 0 Å². The summed E-state index contributed by atoms with van der Waals surface area (Å²) in [5.41, 5.74) is 3.68. The maximum Gasteiger partial charge on any atom is 0.141 e. The van der Waals surface area contributed by atoms with E-state index in [4.69, 9.17) is 16.3 Å². The highest BCUT2D eigenvalue weighted by Crippen LogP contribution is 2.32. The number of ether oxygens (including phenoxy) is 1. The summed E-state index contributed by atoms with van der Waals surface area (Å²) in [4.78, 5) is 0. The highest BCUT2D eigenvalue weighted by Gasteiger charge is 2.07. The van der Waals surface area contributed by atoms with E-state index in [2.05, 4.69) is 48.8 Å². The third kappa shape index (κ3) is 3.56. The zero-order valence-corrected chi connectivity index (χ0v) is 14.3. The Morgan fingerprint density at radius 3 is 2.45 bits per heavy atom. The molecule has 0 fully saturated rings. The average molecular weight is 354 g/mol. The van der Waals surface area contributed by atoms with Gasteiger partial charge >= 0.3 is 0 Å². The van der Waals surface area contributed by atoms with Gasteiger partial charge in [-0.05, 0) is 69.7 Å². The molecule has 0 N–H and O–H groups in total. The van der Waals surface area contributed by atoms with Gasteiger partial charge in [0.2, 0.25) is 0 Å². The van der Waals surface area contributed by atoms with E-state index in [9.17, 15) is 0 Å². The zero-order valence-electron chi connectivity index (χ0n) is 11.9. The summed E-state index contributed by atoms with van der Waals surface area (Å²) < 4.78 is 6.85. The monoisotopic (exact) mass is 352 g/mol. The van der Waals surface area contributed by atoms with Crippen molar-refractivity contribution in [2.24, 2.45) is 0 Å². The molecule has 0 aliphatic heterocycles. The van der Waals surface area contributed by atoms with E-state index < -0.39 is 0 Å². The van der Waals surface area contributed by atoms with Crippen LogP contribution in [-0.2, 0) is 5.88 Å². The largest absolute Gasteiger partial charge is 0.456 e. The Balaban J connectivity index is 2.24. The van der Waals surface area contributed by atoms with Crippen molar-refractivity contribution in [1.29, 1.82) is 0 Å². The molecule has 0 aliphatic rings. The minimum Gasteiger partial charge on any atom is -0.456 e. The Kier molecular flexibility index (Phi) is 5.11. The highest BCUT2D eigenvalue weighted by molar-refractivity contribution is 9.10. The lowest BCUT2D eigenvalue weighted by molar-refractivity contribution is 0.478. The summed E-state index contributed by atoms with van der Waals surface area (Å²) in [5, 5.41) is 0. The third-order valence-electron chi connectivity index (χ3n) is 3.24. The lowest BCUT2D eigenvalue weighted by Gasteiger charge is -2.13. The van der Waals surface area contributed by atoms with Crippen LogP contribution in [0.3, 0.4) is 0 Å². The summed E-state index contributed by atoms with van der Waals surface area (Å²) in [7, 11) is 0. The van der Waals surface area contributed by atoms with Crippen molar-refractivity contribution in [3.63, 3.8) is 0 Å². The first-order valence-electron chi connectivity index (χ1n) is 6.64. The van der Waals surface area contributed by atoms with Crippen LogP contribution in [0.1, 0.15) is 36.5 Å². The fourth-order valence-corrected chi connectivity index (χ4v) is 2.87. The third-order valence-corrected chi connectivity index (χ3v) is 4.17. The molecular formula is C17H18BrClO. The molecular weight excluding hydrogens is 336 g/mol. The van der Waals surface area contributed by atoms with E-state index in [1.165, 1.54) is 11.1 Å². The average Bonchev–Trinajstić information content (AvgIpc) is 2.40. The normalized spacial score (nSPS) is 10.9. The molecule has 20 heavy (non-hydrogen) atoms. The van der Waals surface area contributed by atoms with E-state index in [0.717, 1.165) is 21.5 Å². The maximum atomic E-state index is 5.93. The standard InChI is InChI=1S/C17H18BrClO/c1-11(2)15-6-5-14(8-12(15)3)20-17-7-4-13(10-19)9-16(17)18/h4-9,11H,10H2,1-3H3. The first-order valence-corrected chi connectivity index (χ1v) is 7.97. The molecule has 2 aromatic carbocycles. The number of hydrogen-bond acceptors (Lipinski definition) is 1. The summed E-state index contributed by atoms with van der Waals surface area (Å²) >= 11 is 9.34. The fraction of sp³-hybridized carbons (Fsp3) is 0.294. The van der Waals surface area contributed by atoms with Gasteiger partial charge in [0.1, 0.15) is 11.5 Å². The van der Waals surface area contributed by atoms with Gasteiger partial charge in [0.15, 0.2) is 0 Å². The number of hydrogen-bond donors (Lipinski definition) is 0. The maximum absolute atomic E-state index is 5.93. The van der Waals surface area contributed by atoms with Crippen molar-refractivity contribution in [2.75, 3.05) is 0 Å². The Morgan fingerprint density at radius 1 is 1.15 bits per heavy atom. The van der Waals surface area contributed by atoms with Crippen LogP contribution in [0.25, 0.3) is 0 Å². The van der Waals surface area contributed by atoms with Crippen LogP contribution in [0.4, 0.5) is 0 Å². The second-order valence-electron chi connectivity index (χ2n) is 5.17. The molecule has 2 aromatic rings. The fourth-order valence-electron chi connectivity index (χ4n) is 2.20. The Bertz CT molecular complexity index is 608. The van der Waals surface area contributed by atoms with E-state index >= 15 is 0 Å². The quantitative estimate of drug-likeness (QED) is 0.577. The van der Waals surface area contributed by atoms with Crippen molar-refractivity contribution >= 4 is 27.5 Å². The highest BCUT2D eigenvalue weighted by atomic mass is 79.9. The second kappa shape index (κ2) is 6.64. The van der Waals surface area contributed by atoms with Crippen LogP contribution in [0.5, 0.6) is 11.5 Å². The van der Waals surface area contributed by atoms with Crippen molar-refractivity contribution in [3.8, 4) is 11.5 Å². The molecule has 106 valence electrons. The summed E-state index contributed by atoms with van der Waals surface area (Å²) in [6.45, 7) is 6.52. The van der Waals surface area contributed by atoms with Gasteiger partial charge in [-0.3, -0.25) is 0 Å². The molecule has 0 atom stereocenters. The molecule has 0 amide bonds. The van der Waals surface area contributed by atoms with Crippen molar-refractivity contribution in [3.05, 3.63) is 57.6 Å². The van der Waals surface area contributed by atoms with Crippen LogP contribution in [0.15, 0.2) is 40.9 Å². The smallest absolute Gasteiger partial charge is 0.141 e. The molecule has 0 unspecified atom stereocenters. The first kappa shape index (κ1) is 15.4. The first-order chi connectivity index (χ1) is 9.51.